The number of hydrogen-bond donors (Lipinski definition) is 0. The van der Waals surface area contributed by atoms with Gasteiger partial charge in [0, 0.05) is 19.7 Å². The van der Waals surface area contributed by atoms with Crippen molar-refractivity contribution in [2.45, 2.75) is 0 Å². The van der Waals surface area contributed by atoms with E-state index in [0.717, 1.165) is 0 Å². The van der Waals surface area contributed by atoms with Gasteiger partial charge in [0.05, 0.1) is 0 Å². The van der Waals surface area contributed by atoms with E-state index in [0.29, 0.717) is 30.3 Å². The summed E-state index contributed by atoms with van der Waals surface area (Å²) in [5, 5.41) is 0. The van der Waals surface area contributed by atoms with Crippen LogP contribution in [0.5, 0.6) is 11.5 Å². The summed E-state index contributed by atoms with van der Waals surface area (Å²) < 4.78 is 10.7. The Balaban J connectivity index is 2.28. The lowest BCUT2D eigenvalue weighted by Crippen LogP contribution is -2.30. The van der Waals surface area contributed by atoms with E-state index in [2.05, 4.69) is 0 Å². The van der Waals surface area contributed by atoms with Gasteiger partial charge in [-0.3, -0.25) is 9.59 Å². The lowest BCUT2D eigenvalue weighted by molar-refractivity contribution is -0.124. The maximum absolute atomic E-state index is 11.8. The molecule has 0 saturated heterocycles. The molecule has 1 aliphatic rings. The van der Waals surface area contributed by atoms with Crippen molar-refractivity contribution in [2.75, 3.05) is 27.3 Å². The van der Waals surface area contributed by atoms with Crippen LogP contribution in [0, 0.1) is 0 Å². The molecule has 1 heterocycles. The predicted molar refractivity (Wildman–Crippen MR) is 60.5 cm³/mol. The van der Waals surface area contributed by atoms with Gasteiger partial charge < -0.3 is 14.4 Å². The monoisotopic (exact) mass is 235 g/mol. The highest BCUT2D eigenvalue weighted by Gasteiger charge is 2.21. The summed E-state index contributed by atoms with van der Waals surface area (Å²) in [5.74, 6) is 0.00686. The maximum atomic E-state index is 11.8. The summed E-state index contributed by atoms with van der Waals surface area (Å²) in [5.41, 5.74) is 0.313. The molecule has 0 saturated carbocycles. The van der Waals surface area contributed by atoms with Gasteiger partial charge in [0.15, 0.2) is 11.5 Å². The van der Waals surface area contributed by atoms with Crippen molar-refractivity contribution in [1.82, 2.24) is 4.90 Å². The van der Waals surface area contributed by atoms with Gasteiger partial charge in [0.1, 0.15) is 13.2 Å². The molecule has 17 heavy (non-hydrogen) atoms. The number of benzene rings is 1. The van der Waals surface area contributed by atoms with Crippen molar-refractivity contribution in [2.24, 2.45) is 0 Å². The van der Waals surface area contributed by atoms with E-state index in [1.54, 1.807) is 12.1 Å². The fraction of sp³-hybridized carbons (Fsp3) is 0.333. The van der Waals surface area contributed by atoms with Crippen LogP contribution < -0.4 is 9.47 Å². The molecule has 0 fully saturated rings. The second kappa shape index (κ2) is 4.45. The Morgan fingerprint density at radius 1 is 1.12 bits per heavy atom. The first kappa shape index (κ1) is 11.4. The van der Waals surface area contributed by atoms with E-state index in [1.807, 2.05) is 0 Å². The molecule has 0 radical (unpaired) electrons. The SMILES string of the molecule is CN(C)C(=O)C(=O)c1ccc2c(c1)OCCO2. The van der Waals surface area contributed by atoms with E-state index < -0.39 is 11.7 Å². The topological polar surface area (TPSA) is 55.8 Å². The molecule has 0 aromatic heterocycles. The van der Waals surface area contributed by atoms with Crippen molar-refractivity contribution < 1.29 is 19.1 Å². The standard InChI is InChI=1S/C12H13NO4/c1-13(2)12(15)11(14)8-3-4-9-10(7-8)17-6-5-16-9/h3-4,7H,5-6H2,1-2H3. The molecule has 0 spiro atoms. The van der Waals surface area contributed by atoms with Gasteiger partial charge in [-0.1, -0.05) is 0 Å². The highest BCUT2D eigenvalue weighted by molar-refractivity contribution is 6.42. The fourth-order valence-electron chi connectivity index (χ4n) is 1.51. The van der Waals surface area contributed by atoms with Crippen LogP contribution in [0.25, 0.3) is 0 Å². The van der Waals surface area contributed by atoms with Crippen LogP contribution in [0.3, 0.4) is 0 Å². The first-order chi connectivity index (χ1) is 8.09. The van der Waals surface area contributed by atoms with Gasteiger partial charge in [0.25, 0.3) is 5.91 Å². The van der Waals surface area contributed by atoms with Gasteiger partial charge >= 0.3 is 0 Å². The summed E-state index contributed by atoms with van der Waals surface area (Å²) in [6, 6.07) is 4.75. The van der Waals surface area contributed by atoms with Gasteiger partial charge in [-0.2, -0.15) is 0 Å². The van der Waals surface area contributed by atoms with E-state index in [9.17, 15) is 9.59 Å². The minimum atomic E-state index is -0.554. The number of hydrogen-bond acceptors (Lipinski definition) is 4. The first-order valence-electron chi connectivity index (χ1n) is 5.25. The molecular formula is C12H13NO4. The van der Waals surface area contributed by atoms with Crippen molar-refractivity contribution in [1.29, 1.82) is 0 Å². The zero-order chi connectivity index (χ0) is 12.4. The summed E-state index contributed by atoms with van der Waals surface area (Å²) in [6.07, 6.45) is 0. The third kappa shape index (κ3) is 2.22. The average molecular weight is 235 g/mol. The quantitative estimate of drug-likeness (QED) is 0.560. The Kier molecular flexibility index (Phi) is 2.99. The molecule has 5 heteroatoms. The Morgan fingerprint density at radius 2 is 1.76 bits per heavy atom. The van der Waals surface area contributed by atoms with Gasteiger partial charge in [-0.15, -0.1) is 0 Å². The molecule has 1 aromatic carbocycles. The summed E-state index contributed by atoms with van der Waals surface area (Å²) in [4.78, 5) is 24.5. The zero-order valence-corrected chi connectivity index (χ0v) is 9.73. The van der Waals surface area contributed by atoms with Crippen molar-refractivity contribution in [3.8, 4) is 11.5 Å². The number of carbonyl (C=O) groups is 2. The van der Waals surface area contributed by atoms with Crippen molar-refractivity contribution in [3.63, 3.8) is 0 Å². The number of ether oxygens (including phenoxy) is 2. The van der Waals surface area contributed by atoms with E-state index in [4.69, 9.17) is 9.47 Å². The molecule has 1 amide bonds. The Morgan fingerprint density at radius 3 is 2.41 bits per heavy atom. The second-order valence-corrected chi connectivity index (χ2v) is 3.89. The molecule has 5 nitrogen and oxygen atoms in total. The molecule has 0 atom stereocenters. The molecule has 0 aliphatic carbocycles. The highest BCUT2D eigenvalue weighted by atomic mass is 16.6. The maximum Gasteiger partial charge on any atom is 0.294 e. The normalized spacial score (nSPS) is 13.1. The number of likely N-dealkylation sites (N-methyl/N-ethyl adjacent to an activating group) is 1. The van der Waals surface area contributed by atoms with Gasteiger partial charge in [0.2, 0.25) is 5.78 Å². The van der Waals surface area contributed by atoms with Crippen LogP contribution in [0.15, 0.2) is 18.2 Å². The lowest BCUT2D eigenvalue weighted by atomic mass is 10.1. The van der Waals surface area contributed by atoms with E-state index in [-0.39, 0.29) is 0 Å². The Bertz CT molecular complexity index is 468. The summed E-state index contributed by atoms with van der Waals surface area (Å²) in [6.45, 7) is 0.948. The van der Waals surface area contributed by atoms with Gasteiger partial charge in [-0.25, -0.2) is 0 Å². The summed E-state index contributed by atoms with van der Waals surface area (Å²) >= 11 is 0. The Labute approximate surface area is 98.9 Å². The minimum absolute atomic E-state index is 0.313. The van der Waals surface area contributed by atoms with Crippen molar-refractivity contribution >= 4 is 11.7 Å². The highest BCUT2D eigenvalue weighted by Crippen LogP contribution is 2.30. The number of amides is 1. The second-order valence-electron chi connectivity index (χ2n) is 3.89. The smallest absolute Gasteiger partial charge is 0.294 e. The zero-order valence-electron chi connectivity index (χ0n) is 9.73. The fourth-order valence-corrected chi connectivity index (χ4v) is 1.51. The van der Waals surface area contributed by atoms with Crippen LogP contribution in [0.2, 0.25) is 0 Å². The third-order valence-corrected chi connectivity index (χ3v) is 2.40. The summed E-state index contributed by atoms with van der Waals surface area (Å²) in [7, 11) is 3.08. The molecule has 90 valence electrons. The van der Waals surface area contributed by atoms with E-state index >= 15 is 0 Å². The van der Waals surface area contributed by atoms with Crippen LogP contribution in [0.4, 0.5) is 0 Å². The number of rotatable bonds is 2. The number of carbonyl (C=O) groups excluding carboxylic acids is 2. The number of nitrogens with zero attached hydrogens (tertiary/aromatic N) is 1. The third-order valence-electron chi connectivity index (χ3n) is 2.40. The van der Waals surface area contributed by atoms with Crippen LogP contribution in [0.1, 0.15) is 10.4 Å². The number of Topliss-reactive ketones (excluding diaryl/α,β-unsaturated/α-hetero) is 1. The van der Waals surface area contributed by atoms with Gasteiger partial charge in [-0.05, 0) is 18.2 Å². The number of fused-ring (bicyclic) bond motifs is 1. The number of ketones is 1. The van der Waals surface area contributed by atoms with Crippen LogP contribution in [-0.4, -0.2) is 43.9 Å². The Hall–Kier alpha value is -2.04. The molecule has 0 bridgehead atoms. The van der Waals surface area contributed by atoms with Crippen LogP contribution >= 0.6 is 0 Å². The van der Waals surface area contributed by atoms with Crippen LogP contribution in [-0.2, 0) is 4.79 Å². The first-order valence-corrected chi connectivity index (χ1v) is 5.25. The van der Waals surface area contributed by atoms with Crippen molar-refractivity contribution in [3.05, 3.63) is 23.8 Å². The molecule has 2 rings (SSSR count). The predicted octanol–water partition coefficient (Wildman–Crippen LogP) is 0.729. The lowest BCUT2D eigenvalue weighted by Gasteiger charge is -2.18. The minimum Gasteiger partial charge on any atom is -0.486 e. The molecule has 0 unspecified atom stereocenters. The molecular weight excluding hydrogens is 222 g/mol. The molecule has 0 N–H and O–H groups in total. The van der Waals surface area contributed by atoms with E-state index in [1.165, 1.54) is 25.1 Å². The molecule has 1 aromatic rings. The molecule has 1 aliphatic heterocycles. The average Bonchev–Trinajstić information content (AvgIpc) is 2.36. The largest absolute Gasteiger partial charge is 0.486 e.